The Bertz CT molecular complexity index is 1140. The van der Waals surface area contributed by atoms with Gasteiger partial charge in [-0.3, -0.25) is 9.80 Å². The zero-order valence-corrected chi connectivity index (χ0v) is 20.9. The van der Waals surface area contributed by atoms with Gasteiger partial charge in [0, 0.05) is 36.6 Å². The lowest BCUT2D eigenvalue weighted by atomic mass is 10.1. The van der Waals surface area contributed by atoms with Crippen LogP contribution < -0.4 is 4.90 Å². The molecule has 2 aromatic heterocycles. The Kier molecular flexibility index (Phi) is 6.84. The van der Waals surface area contributed by atoms with Gasteiger partial charge in [-0.1, -0.05) is 18.6 Å². The highest BCUT2D eigenvalue weighted by atomic mass is 32.1. The third kappa shape index (κ3) is 4.88. The van der Waals surface area contributed by atoms with Crippen LogP contribution in [0.15, 0.2) is 30.3 Å². The number of phenolic OH excluding ortho intramolecular Hbond substituents is 1. The van der Waals surface area contributed by atoms with E-state index in [2.05, 4.69) is 20.8 Å². The van der Waals surface area contributed by atoms with Crippen molar-refractivity contribution in [1.29, 1.82) is 0 Å². The molecule has 6 rings (SSSR count). The first kappa shape index (κ1) is 23.1. The monoisotopic (exact) mass is 495 g/mol. The van der Waals surface area contributed by atoms with Gasteiger partial charge < -0.3 is 19.5 Å². The second-order valence-electron chi connectivity index (χ2n) is 9.50. The molecule has 1 N–H and O–H groups in total. The van der Waals surface area contributed by atoms with Crippen LogP contribution in [0, 0.1) is 0 Å². The number of thiophene rings is 1. The fourth-order valence-electron chi connectivity index (χ4n) is 5.40. The number of hydrogen-bond donors (Lipinski definition) is 1. The van der Waals surface area contributed by atoms with Crippen molar-refractivity contribution in [2.75, 3.05) is 70.6 Å². The molecule has 0 saturated carbocycles. The molecule has 3 saturated heterocycles. The maximum atomic E-state index is 10.1. The van der Waals surface area contributed by atoms with Crippen LogP contribution >= 0.6 is 11.3 Å². The molecule has 186 valence electrons. The molecular weight excluding hydrogens is 462 g/mol. The van der Waals surface area contributed by atoms with Gasteiger partial charge >= 0.3 is 0 Å². The lowest BCUT2D eigenvalue weighted by molar-refractivity contribution is -0.0390. The number of piperidine rings is 1. The first-order valence-electron chi connectivity index (χ1n) is 12.8. The van der Waals surface area contributed by atoms with Crippen molar-refractivity contribution in [3.8, 4) is 17.1 Å². The summed E-state index contributed by atoms with van der Waals surface area (Å²) in [5.41, 5.74) is 1.81. The van der Waals surface area contributed by atoms with Gasteiger partial charge in [-0.15, -0.1) is 11.3 Å². The molecule has 3 aromatic rings. The summed E-state index contributed by atoms with van der Waals surface area (Å²) in [5, 5.41) is 10.1. The molecule has 9 heteroatoms. The molecule has 1 atom stereocenters. The average molecular weight is 496 g/mol. The maximum Gasteiger partial charge on any atom is 0.162 e. The normalized spacial score (nSPS) is 21.4. The largest absolute Gasteiger partial charge is 0.508 e. The van der Waals surface area contributed by atoms with Crippen LogP contribution in [0.5, 0.6) is 5.75 Å². The summed E-state index contributed by atoms with van der Waals surface area (Å²) in [5.74, 6) is 1.86. The minimum Gasteiger partial charge on any atom is -0.508 e. The lowest BCUT2D eigenvalue weighted by Gasteiger charge is -2.42. The van der Waals surface area contributed by atoms with Crippen LogP contribution in [0.2, 0.25) is 0 Å². The minimum atomic E-state index is 0.225. The smallest absolute Gasteiger partial charge is 0.162 e. The quantitative estimate of drug-likeness (QED) is 0.574. The molecule has 0 bridgehead atoms. The number of phenols is 1. The Hall–Kier alpha value is -2.30. The second-order valence-corrected chi connectivity index (χ2v) is 10.6. The van der Waals surface area contributed by atoms with Gasteiger partial charge in [0.2, 0.25) is 0 Å². The summed E-state index contributed by atoms with van der Waals surface area (Å²) in [6.45, 7) is 8.78. The van der Waals surface area contributed by atoms with Crippen molar-refractivity contribution in [3.05, 3.63) is 35.2 Å². The predicted molar refractivity (Wildman–Crippen MR) is 138 cm³/mol. The van der Waals surface area contributed by atoms with Crippen LogP contribution in [0.3, 0.4) is 0 Å². The molecule has 35 heavy (non-hydrogen) atoms. The van der Waals surface area contributed by atoms with Gasteiger partial charge in [0.15, 0.2) is 11.6 Å². The number of nitrogens with zero attached hydrogens (tertiary/aromatic N) is 5. The summed E-state index contributed by atoms with van der Waals surface area (Å²) in [6, 6.07) is 9.51. The molecule has 3 fully saturated rings. The SMILES string of the molecule is Oc1cccc(-c2nc(N3CCOCC3)c3sc(C(N4CCCCC4)N4CCOCC4)cc3n2)c1. The summed E-state index contributed by atoms with van der Waals surface area (Å²) >= 11 is 1.84. The van der Waals surface area contributed by atoms with Crippen molar-refractivity contribution < 1.29 is 14.6 Å². The Labute approximate surface area is 210 Å². The van der Waals surface area contributed by atoms with E-state index in [0.29, 0.717) is 19.0 Å². The summed E-state index contributed by atoms with van der Waals surface area (Å²) in [7, 11) is 0. The summed E-state index contributed by atoms with van der Waals surface area (Å²) < 4.78 is 12.5. The van der Waals surface area contributed by atoms with E-state index in [-0.39, 0.29) is 11.9 Å². The Morgan fingerprint density at radius 1 is 0.829 bits per heavy atom. The number of aromatic hydroxyl groups is 1. The minimum absolute atomic E-state index is 0.225. The molecule has 3 aliphatic rings. The number of aromatic nitrogens is 2. The predicted octanol–water partition coefficient (Wildman–Crippen LogP) is 3.72. The topological polar surface area (TPSA) is 74.2 Å². The van der Waals surface area contributed by atoms with Gasteiger partial charge in [0.1, 0.15) is 5.75 Å². The lowest BCUT2D eigenvalue weighted by Crippen LogP contribution is -2.47. The van der Waals surface area contributed by atoms with E-state index in [9.17, 15) is 5.11 Å². The number of anilines is 1. The number of ether oxygens (including phenoxy) is 2. The average Bonchev–Trinajstić information content (AvgIpc) is 3.33. The zero-order chi connectivity index (χ0) is 23.6. The summed E-state index contributed by atoms with van der Waals surface area (Å²) in [4.78, 5) is 18.9. The molecule has 5 heterocycles. The van der Waals surface area contributed by atoms with E-state index >= 15 is 0 Å². The van der Waals surface area contributed by atoms with Crippen LogP contribution in [0.25, 0.3) is 21.6 Å². The maximum absolute atomic E-state index is 10.1. The van der Waals surface area contributed by atoms with Crippen molar-refractivity contribution in [2.24, 2.45) is 0 Å². The molecular formula is C26H33N5O3S. The molecule has 0 aliphatic carbocycles. The molecule has 0 amide bonds. The van der Waals surface area contributed by atoms with Crippen molar-refractivity contribution >= 4 is 27.4 Å². The fraction of sp³-hybridized carbons (Fsp3) is 0.538. The first-order chi connectivity index (χ1) is 17.3. The van der Waals surface area contributed by atoms with Crippen LogP contribution in [-0.2, 0) is 9.47 Å². The van der Waals surface area contributed by atoms with Crippen LogP contribution in [-0.4, -0.2) is 90.6 Å². The number of likely N-dealkylation sites (tertiary alicyclic amines) is 1. The van der Waals surface area contributed by atoms with Gasteiger partial charge in [-0.05, 0) is 44.1 Å². The molecule has 1 unspecified atom stereocenters. The van der Waals surface area contributed by atoms with Gasteiger partial charge in [0.25, 0.3) is 0 Å². The third-order valence-electron chi connectivity index (χ3n) is 7.17. The van der Waals surface area contributed by atoms with E-state index < -0.39 is 0 Å². The standard InChI is InChI=1S/C26H33N5O3S/c32-20-6-4-5-19(17-20)24-27-21-18-22(35-23(21)25(28-24)29-9-13-33-14-10-29)26(30-7-2-1-3-8-30)31-11-15-34-16-12-31/h4-6,17-18,26,32H,1-3,7-16H2. The van der Waals surface area contributed by atoms with E-state index in [1.807, 2.05) is 23.5 Å². The van der Waals surface area contributed by atoms with Crippen LogP contribution in [0.1, 0.15) is 30.3 Å². The molecule has 3 aliphatic heterocycles. The van der Waals surface area contributed by atoms with Crippen LogP contribution in [0.4, 0.5) is 5.82 Å². The van der Waals surface area contributed by atoms with E-state index in [1.54, 1.807) is 12.1 Å². The van der Waals surface area contributed by atoms with E-state index in [1.165, 1.54) is 24.1 Å². The van der Waals surface area contributed by atoms with Crippen molar-refractivity contribution in [3.63, 3.8) is 0 Å². The van der Waals surface area contributed by atoms with Gasteiger partial charge in [-0.2, -0.15) is 0 Å². The Morgan fingerprint density at radius 3 is 2.29 bits per heavy atom. The summed E-state index contributed by atoms with van der Waals surface area (Å²) in [6.07, 6.45) is 4.08. The van der Waals surface area contributed by atoms with Crippen molar-refractivity contribution in [1.82, 2.24) is 19.8 Å². The highest BCUT2D eigenvalue weighted by molar-refractivity contribution is 7.19. The van der Waals surface area contributed by atoms with Gasteiger partial charge in [-0.25, -0.2) is 9.97 Å². The number of fused-ring (bicyclic) bond motifs is 1. The number of morpholine rings is 2. The fourth-order valence-corrected chi connectivity index (χ4v) is 6.68. The van der Waals surface area contributed by atoms with Gasteiger partial charge in [0.05, 0.1) is 42.8 Å². The Balaban J connectivity index is 1.46. The molecule has 0 radical (unpaired) electrons. The van der Waals surface area contributed by atoms with E-state index in [4.69, 9.17) is 19.4 Å². The number of benzene rings is 1. The van der Waals surface area contributed by atoms with Crippen molar-refractivity contribution in [2.45, 2.75) is 25.4 Å². The Morgan fingerprint density at radius 2 is 1.54 bits per heavy atom. The zero-order valence-electron chi connectivity index (χ0n) is 20.1. The second kappa shape index (κ2) is 10.4. The third-order valence-corrected chi connectivity index (χ3v) is 8.33. The van der Waals surface area contributed by atoms with E-state index in [0.717, 1.165) is 74.1 Å². The first-order valence-corrected chi connectivity index (χ1v) is 13.6. The highest BCUT2D eigenvalue weighted by Crippen LogP contribution is 2.40. The number of rotatable bonds is 5. The molecule has 1 aromatic carbocycles. The molecule has 8 nitrogen and oxygen atoms in total. The highest BCUT2D eigenvalue weighted by Gasteiger charge is 2.32. The number of hydrogen-bond acceptors (Lipinski definition) is 9. The molecule has 0 spiro atoms.